The molecule has 0 saturated carbocycles. The van der Waals surface area contributed by atoms with E-state index in [2.05, 4.69) is 52.5 Å². The topological polar surface area (TPSA) is 61.2 Å². The number of nitrogens with zero attached hydrogens (tertiary/aromatic N) is 3. The largest absolute Gasteiger partial charge is 0.376 e. The van der Waals surface area contributed by atoms with Crippen LogP contribution in [0.3, 0.4) is 0 Å². The molecule has 1 aromatic heterocycles. The summed E-state index contributed by atoms with van der Waals surface area (Å²) in [5.74, 6) is 0.632. The molecule has 3 rings (SSSR count). The maximum atomic E-state index is 9.12. The lowest BCUT2D eigenvalue weighted by atomic mass is 10.1. The molecule has 5 nitrogen and oxygen atoms in total. The minimum atomic E-state index is 0.303. The molecule has 0 bridgehead atoms. The number of nitrogens with one attached hydrogen (secondary N) is 1. The summed E-state index contributed by atoms with van der Waals surface area (Å²) in [5.41, 5.74) is 3.05. The van der Waals surface area contributed by atoms with E-state index in [1.54, 1.807) is 18.3 Å². The predicted molar refractivity (Wildman–Crippen MR) is 93.4 cm³/mol. The van der Waals surface area contributed by atoms with Crippen LogP contribution in [0.4, 0.5) is 5.82 Å². The highest BCUT2D eigenvalue weighted by Crippen LogP contribution is 2.14. The zero-order valence-corrected chi connectivity index (χ0v) is 13.9. The molecule has 2 heterocycles. The second kappa shape index (κ2) is 7.91. The summed E-state index contributed by atoms with van der Waals surface area (Å²) in [5, 5.41) is 12.4. The number of nitriles is 1. The van der Waals surface area contributed by atoms with Gasteiger partial charge in [-0.25, -0.2) is 4.98 Å². The summed E-state index contributed by atoms with van der Waals surface area (Å²) in [7, 11) is 0. The molecular weight excluding hydrogens is 300 g/mol. The number of morpholine rings is 1. The van der Waals surface area contributed by atoms with Crippen molar-refractivity contribution < 1.29 is 4.74 Å². The third kappa shape index (κ3) is 4.31. The molecule has 2 aromatic rings. The van der Waals surface area contributed by atoms with Crippen LogP contribution < -0.4 is 5.32 Å². The van der Waals surface area contributed by atoms with Crippen LogP contribution in [0, 0.1) is 11.3 Å². The molecule has 1 saturated heterocycles. The summed E-state index contributed by atoms with van der Waals surface area (Å²) >= 11 is 0. The van der Waals surface area contributed by atoms with Gasteiger partial charge in [0, 0.05) is 32.4 Å². The van der Waals surface area contributed by atoms with E-state index < -0.39 is 0 Å². The van der Waals surface area contributed by atoms with Gasteiger partial charge in [-0.05, 0) is 30.2 Å². The van der Waals surface area contributed by atoms with Crippen molar-refractivity contribution in [3.05, 3.63) is 59.3 Å². The molecule has 0 radical (unpaired) electrons. The Morgan fingerprint density at radius 1 is 1.33 bits per heavy atom. The van der Waals surface area contributed by atoms with E-state index in [9.17, 15) is 0 Å². The molecule has 0 unspecified atom stereocenters. The van der Waals surface area contributed by atoms with E-state index in [1.165, 1.54) is 11.1 Å². The van der Waals surface area contributed by atoms with E-state index in [-0.39, 0.29) is 0 Å². The quantitative estimate of drug-likeness (QED) is 0.917. The number of hydrogen-bond donors (Lipinski definition) is 1. The Bertz CT molecular complexity index is 725. The van der Waals surface area contributed by atoms with E-state index in [1.807, 2.05) is 0 Å². The van der Waals surface area contributed by atoms with Crippen molar-refractivity contribution in [2.75, 3.05) is 25.0 Å². The summed E-state index contributed by atoms with van der Waals surface area (Å²) in [6, 6.07) is 14.2. The van der Waals surface area contributed by atoms with Gasteiger partial charge < -0.3 is 10.1 Å². The van der Waals surface area contributed by atoms with Crippen molar-refractivity contribution >= 4 is 5.82 Å². The third-order valence-corrected chi connectivity index (χ3v) is 4.11. The van der Waals surface area contributed by atoms with E-state index in [4.69, 9.17) is 10.00 Å². The molecule has 0 spiro atoms. The Kier molecular flexibility index (Phi) is 5.42. The number of hydrogen-bond acceptors (Lipinski definition) is 5. The smallest absolute Gasteiger partial charge is 0.144 e. The van der Waals surface area contributed by atoms with E-state index in [0.717, 1.165) is 26.2 Å². The van der Waals surface area contributed by atoms with Gasteiger partial charge in [-0.1, -0.05) is 24.3 Å². The first-order valence-corrected chi connectivity index (χ1v) is 8.25. The fraction of sp³-hybridized carbons (Fsp3) is 0.368. The SMILES string of the molecule is C[C@@H]1CN(Cc2cccc(CNc3ncccc3C#N)c2)CCO1. The minimum Gasteiger partial charge on any atom is -0.376 e. The minimum absolute atomic E-state index is 0.303. The predicted octanol–water partition coefficient (Wildman–Crippen LogP) is 2.79. The van der Waals surface area contributed by atoms with Gasteiger partial charge in [0.2, 0.25) is 0 Å². The van der Waals surface area contributed by atoms with Crippen molar-refractivity contribution in [1.29, 1.82) is 5.26 Å². The first-order valence-electron chi connectivity index (χ1n) is 8.25. The zero-order valence-electron chi connectivity index (χ0n) is 13.9. The second-order valence-electron chi connectivity index (χ2n) is 6.10. The fourth-order valence-corrected chi connectivity index (χ4v) is 2.95. The average Bonchev–Trinajstić information content (AvgIpc) is 2.60. The molecule has 0 aliphatic carbocycles. The molecule has 1 fully saturated rings. The van der Waals surface area contributed by atoms with Crippen molar-refractivity contribution in [3.63, 3.8) is 0 Å². The van der Waals surface area contributed by atoms with Crippen molar-refractivity contribution in [1.82, 2.24) is 9.88 Å². The number of pyridine rings is 1. The van der Waals surface area contributed by atoms with E-state index >= 15 is 0 Å². The van der Waals surface area contributed by atoms with Gasteiger partial charge in [0.1, 0.15) is 11.9 Å². The lowest BCUT2D eigenvalue weighted by Crippen LogP contribution is -2.40. The maximum Gasteiger partial charge on any atom is 0.144 e. The first kappa shape index (κ1) is 16.4. The summed E-state index contributed by atoms with van der Waals surface area (Å²) in [6.45, 7) is 6.47. The standard InChI is InChI=1S/C19H22N4O/c1-15-13-23(8-9-24-15)14-17-5-2-4-16(10-17)12-22-19-18(11-20)6-3-7-21-19/h2-7,10,15H,8-9,12-14H2,1H3,(H,21,22)/t15-/m1/s1. The van der Waals surface area contributed by atoms with Gasteiger partial charge in [0.15, 0.2) is 0 Å². The molecule has 1 aromatic carbocycles. The number of rotatable bonds is 5. The van der Waals surface area contributed by atoms with Gasteiger partial charge in [0.25, 0.3) is 0 Å². The molecule has 1 aliphatic heterocycles. The summed E-state index contributed by atoms with van der Waals surface area (Å²) < 4.78 is 5.59. The highest BCUT2D eigenvalue weighted by Gasteiger charge is 2.16. The Morgan fingerprint density at radius 2 is 2.21 bits per heavy atom. The van der Waals surface area contributed by atoms with Crippen LogP contribution in [-0.2, 0) is 17.8 Å². The van der Waals surface area contributed by atoms with Gasteiger partial charge in [0.05, 0.1) is 18.3 Å². The van der Waals surface area contributed by atoms with Crippen LogP contribution in [0.25, 0.3) is 0 Å². The number of aromatic nitrogens is 1. The van der Waals surface area contributed by atoms with E-state index in [0.29, 0.717) is 24.0 Å². The number of benzene rings is 1. The highest BCUT2D eigenvalue weighted by molar-refractivity contribution is 5.51. The Morgan fingerprint density at radius 3 is 3.04 bits per heavy atom. The normalized spacial score (nSPS) is 18.1. The van der Waals surface area contributed by atoms with Gasteiger partial charge in [-0.3, -0.25) is 4.90 Å². The van der Waals surface area contributed by atoms with Crippen LogP contribution in [0.15, 0.2) is 42.6 Å². The molecule has 124 valence electrons. The molecule has 24 heavy (non-hydrogen) atoms. The van der Waals surface area contributed by atoms with Crippen molar-refractivity contribution in [2.45, 2.75) is 26.1 Å². The maximum absolute atomic E-state index is 9.12. The van der Waals surface area contributed by atoms with Gasteiger partial charge >= 0.3 is 0 Å². The molecular formula is C19H22N4O. The molecule has 5 heteroatoms. The van der Waals surface area contributed by atoms with Crippen LogP contribution in [0.5, 0.6) is 0 Å². The van der Waals surface area contributed by atoms with Crippen LogP contribution in [0.1, 0.15) is 23.6 Å². The number of anilines is 1. The van der Waals surface area contributed by atoms with Crippen molar-refractivity contribution in [3.8, 4) is 6.07 Å². The van der Waals surface area contributed by atoms with Gasteiger partial charge in [-0.2, -0.15) is 5.26 Å². The summed E-state index contributed by atoms with van der Waals surface area (Å²) in [4.78, 5) is 6.66. The Hall–Kier alpha value is -2.42. The lowest BCUT2D eigenvalue weighted by Gasteiger charge is -2.31. The molecule has 1 aliphatic rings. The zero-order chi connectivity index (χ0) is 16.8. The Balaban J connectivity index is 1.62. The van der Waals surface area contributed by atoms with Crippen LogP contribution >= 0.6 is 0 Å². The molecule has 0 amide bonds. The number of ether oxygens (including phenoxy) is 1. The third-order valence-electron chi connectivity index (χ3n) is 4.11. The van der Waals surface area contributed by atoms with Gasteiger partial charge in [-0.15, -0.1) is 0 Å². The van der Waals surface area contributed by atoms with Crippen LogP contribution in [-0.4, -0.2) is 35.7 Å². The highest BCUT2D eigenvalue weighted by atomic mass is 16.5. The molecule has 1 atom stereocenters. The first-order chi connectivity index (χ1) is 11.7. The second-order valence-corrected chi connectivity index (χ2v) is 6.10. The van der Waals surface area contributed by atoms with Crippen LogP contribution in [0.2, 0.25) is 0 Å². The average molecular weight is 322 g/mol. The lowest BCUT2D eigenvalue weighted by molar-refractivity contribution is -0.0212. The fourth-order valence-electron chi connectivity index (χ4n) is 2.95. The summed E-state index contributed by atoms with van der Waals surface area (Å²) in [6.07, 6.45) is 2.00. The molecule has 1 N–H and O–H groups in total. The van der Waals surface area contributed by atoms with Crippen molar-refractivity contribution in [2.24, 2.45) is 0 Å². The Labute approximate surface area is 142 Å². The monoisotopic (exact) mass is 322 g/mol.